The van der Waals surface area contributed by atoms with Gasteiger partial charge in [0.25, 0.3) is 11.5 Å². The predicted octanol–water partition coefficient (Wildman–Crippen LogP) is 1.69. The van der Waals surface area contributed by atoms with E-state index in [4.69, 9.17) is 4.74 Å². The molecule has 0 aromatic carbocycles. The second-order valence-electron chi connectivity index (χ2n) is 8.06. The number of rotatable bonds is 6. The number of amides is 1. The summed E-state index contributed by atoms with van der Waals surface area (Å²) in [6.45, 7) is 2.73. The van der Waals surface area contributed by atoms with E-state index in [-0.39, 0.29) is 28.4 Å². The fraction of sp³-hybridized carbons (Fsp3) is 0.476. The lowest BCUT2D eigenvalue weighted by Crippen LogP contribution is -2.43. The zero-order valence-electron chi connectivity index (χ0n) is 17.6. The largest absolute Gasteiger partial charge is 0.474 e. The second kappa shape index (κ2) is 8.33. The molecule has 0 unspecified atom stereocenters. The number of nitrogens with zero attached hydrogens (tertiary/aromatic N) is 3. The number of carbonyl (C=O) groups is 1. The third-order valence-electron chi connectivity index (χ3n) is 5.71. The first-order valence-electron chi connectivity index (χ1n) is 10.4. The lowest BCUT2D eigenvalue weighted by molar-refractivity contribution is 0.0586. The molecule has 2 aliphatic rings. The first-order valence-corrected chi connectivity index (χ1v) is 11.9. The Morgan fingerprint density at radius 1 is 1.16 bits per heavy atom. The lowest BCUT2D eigenvalue weighted by Gasteiger charge is -2.31. The second-order valence-corrected chi connectivity index (χ2v) is 10.3. The maximum atomic E-state index is 12.6. The Morgan fingerprint density at radius 3 is 2.45 bits per heavy atom. The molecular weight excluding hydrogens is 420 g/mol. The van der Waals surface area contributed by atoms with Gasteiger partial charge in [-0.1, -0.05) is 0 Å². The first-order chi connectivity index (χ1) is 14.8. The SMILES string of the molecule is Cc1ccc(C(=O)N2CCC(Oc3ccc(N(C)S(=O)(=O)C4CC4)cn3)CC2)c(=O)[nH]1. The highest BCUT2D eigenvalue weighted by molar-refractivity contribution is 7.93. The average molecular weight is 447 g/mol. The van der Waals surface area contributed by atoms with Crippen molar-refractivity contribution in [3.05, 3.63) is 52.1 Å². The zero-order valence-corrected chi connectivity index (χ0v) is 18.4. The third-order valence-corrected chi connectivity index (χ3v) is 8.00. The van der Waals surface area contributed by atoms with Crippen LogP contribution >= 0.6 is 0 Å². The van der Waals surface area contributed by atoms with Gasteiger partial charge >= 0.3 is 0 Å². The van der Waals surface area contributed by atoms with Gasteiger partial charge in [-0.2, -0.15) is 0 Å². The van der Waals surface area contributed by atoms with Crippen molar-refractivity contribution in [2.24, 2.45) is 0 Å². The van der Waals surface area contributed by atoms with E-state index in [2.05, 4.69) is 9.97 Å². The number of pyridine rings is 2. The number of hydrogen-bond donors (Lipinski definition) is 1. The van der Waals surface area contributed by atoms with Gasteiger partial charge < -0.3 is 14.6 Å². The summed E-state index contributed by atoms with van der Waals surface area (Å²) in [7, 11) is -1.77. The molecule has 1 saturated carbocycles. The molecule has 1 saturated heterocycles. The van der Waals surface area contributed by atoms with E-state index in [1.165, 1.54) is 17.5 Å². The summed E-state index contributed by atoms with van der Waals surface area (Å²) in [4.78, 5) is 33.2. The molecule has 1 N–H and O–H groups in total. The molecular formula is C21H26N4O5S. The highest BCUT2D eigenvalue weighted by atomic mass is 32.2. The fourth-order valence-electron chi connectivity index (χ4n) is 3.62. The highest BCUT2D eigenvalue weighted by Gasteiger charge is 2.39. The maximum Gasteiger partial charge on any atom is 0.260 e. The number of likely N-dealkylation sites (tertiary alicyclic amines) is 1. The summed E-state index contributed by atoms with van der Waals surface area (Å²) in [6, 6.07) is 6.63. The van der Waals surface area contributed by atoms with E-state index >= 15 is 0 Å². The molecule has 166 valence electrons. The number of hydrogen-bond acceptors (Lipinski definition) is 6. The number of piperidine rings is 1. The minimum atomic E-state index is -3.31. The van der Waals surface area contributed by atoms with Gasteiger partial charge in [0.05, 0.1) is 17.1 Å². The van der Waals surface area contributed by atoms with Crippen LogP contribution in [0.1, 0.15) is 41.7 Å². The molecule has 0 radical (unpaired) electrons. The number of ether oxygens (including phenoxy) is 1. The van der Waals surface area contributed by atoms with Gasteiger partial charge in [-0.15, -0.1) is 0 Å². The summed E-state index contributed by atoms with van der Waals surface area (Å²) >= 11 is 0. The Hall–Kier alpha value is -2.88. The molecule has 0 spiro atoms. The summed E-state index contributed by atoms with van der Waals surface area (Å²) in [6.07, 6.45) is 4.05. The molecule has 3 heterocycles. The van der Waals surface area contributed by atoms with Crippen LogP contribution in [0.25, 0.3) is 0 Å². The standard InChI is InChI=1S/C21H26N4O5S/c1-14-3-7-18(20(26)23-14)21(27)25-11-9-16(10-12-25)30-19-8-4-15(13-22-19)24(2)31(28,29)17-5-6-17/h3-4,7-8,13,16-17H,5-6,9-12H2,1-2H3,(H,23,26). The Morgan fingerprint density at radius 2 is 1.87 bits per heavy atom. The number of sulfonamides is 1. The van der Waals surface area contributed by atoms with Crippen LogP contribution in [0.5, 0.6) is 5.88 Å². The quantitative estimate of drug-likeness (QED) is 0.723. The van der Waals surface area contributed by atoms with Crippen LogP contribution < -0.4 is 14.6 Å². The molecule has 10 heteroatoms. The molecule has 2 aromatic heterocycles. The molecule has 2 aromatic rings. The summed E-state index contributed by atoms with van der Waals surface area (Å²) in [5.41, 5.74) is 0.986. The van der Waals surface area contributed by atoms with Gasteiger partial charge in [0.1, 0.15) is 11.7 Å². The van der Waals surface area contributed by atoms with Gasteiger partial charge in [0.15, 0.2) is 0 Å². The Labute approximate surface area is 181 Å². The number of carbonyl (C=O) groups excluding carboxylic acids is 1. The third kappa shape index (κ3) is 4.58. The minimum absolute atomic E-state index is 0.105. The molecule has 2 fully saturated rings. The monoisotopic (exact) mass is 446 g/mol. The van der Waals surface area contributed by atoms with Crippen LogP contribution in [0.15, 0.2) is 35.3 Å². The number of H-pyrrole nitrogens is 1. The zero-order chi connectivity index (χ0) is 22.2. The van der Waals surface area contributed by atoms with Crippen molar-refractivity contribution in [1.82, 2.24) is 14.9 Å². The number of aromatic amines is 1. The number of anilines is 1. The maximum absolute atomic E-state index is 12.6. The van der Waals surface area contributed by atoms with E-state index in [0.717, 1.165) is 0 Å². The number of aromatic nitrogens is 2. The van der Waals surface area contributed by atoms with E-state index in [1.54, 1.807) is 36.1 Å². The van der Waals surface area contributed by atoms with Crippen molar-refractivity contribution in [1.29, 1.82) is 0 Å². The van der Waals surface area contributed by atoms with Crippen LogP contribution in [0.4, 0.5) is 5.69 Å². The van der Waals surface area contributed by atoms with E-state index in [1.807, 2.05) is 0 Å². The van der Waals surface area contributed by atoms with Crippen molar-refractivity contribution < 1.29 is 17.9 Å². The van der Waals surface area contributed by atoms with Crippen molar-refractivity contribution in [3.8, 4) is 5.88 Å². The summed E-state index contributed by atoms with van der Waals surface area (Å²) in [5.74, 6) is 0.141. The Bertz CT molecular complexity index is 1120. The van der Waals surface area contributed by atoms with Crippen molar-refractivity contribution >= 4 is 21.6 Å². The summed E-state index contributed by atoms with van der Waals surface area (Å²) < 4.78 is 31.9. The topological polar surface area (TPSA) is 113 Å². The summed E-state index contributed by atoms with van der Waals surface area (Å²) in [5, 5.41) is -0.281. The van der Waals surface area contributed by atoms with Gasteiger partial charge in [-0.25, -0.2) is 13.4 Å². The van der Waals surface area contributed by atoms with E-state index in [0.29, 0.717) is 56.0 Å². The van der Waals surface area contributed by atoms with Crippen LogP contribution in [-0.4, -0.2) is 60.7 Å². The van der Waals surface area contributed by atoms with Gasteiger partial charge in [0, 0.05) is 44.7 Å². The normalized spacial score (nSPS) is 17.4. The average Bonchev–Trinajstić information content (AvgIpc) is 3.60. The van der Waals surface area contributed by atoms with Gasteiger partial charge in [0.2, 0.25) is 15.9 Å². The molecule has 4 rings (SSSR count). The lowest BCUT2D eigenvalue weighted by atomic mass is 10.1. The Balaban J connectivity index is 1.32. The van der Waals surface area contributed by atoms with Crippen molar-refractivity contribution in [2.45, 2.75) is 44.0 Å². The molecule has 1 aliphatic heterocycles. The molecule has 31 heavy (non-hydrogen) atoms. The molecule has 9 nitrogen and oxygen atoms in total. The number of nitrogens with one attached hydrogen (secondary N) is 1. The molecule has 0 bridgehead atoms. The highest BCUT2D eigenvalue weighted by Crippen LogP contribution is 2.32. The van der Waals surface area contributed by atoms with E-state index < -0.39 is 10.0 Å². The van der Waals surface area contributed by atoms with Crippen LogP contribution in [0.3, 0.4) is 0 Å². The van der Waals surface area contributed by atoms with Crippen LogP contribution in [0, 0.1) is 6.92 Å². The van der Waals surface area contributed by atoms with Crippen LogP contribution in [0.2, 0.25) is 0 Å². The minimum Gasteiger partial charge on any atom is -0.474 e. The van der Waals surface area contributed by atoms with E-state index in [9.17, 15) is 18.0 Å². The predicted molar refractivity (Wildman–Crippen MR) is 116 cm³/mol. The smallest absolute Gasteiger partial charge is 0.260 e. The van der Waals surface area contributed by atoms with Gasteiger partial charge in [-0.05, 0) is 38.0 Å². The number of aryl methyl sites for hydroxylation is 1. The molecule has 1 aliphatic carbocycles. The van der Waals surface area contributed by atoms with Crippen LogP contribution in [-0.2, 0) is 10.0 Å². The Kier molecular flexibility index (Phi) is 5.74. The fourth-order valence-corrected chi connectivity index (χ4v) is 5.20. The molecule has 1 amide bonds. The van der Waals surface area contributed by atoms with Gasteiger partial charge in [-0.3, -0.25) is 13.9 Å². The van der Waals surface area contributed by atoms with Crippen molar-refractivity contribution in [2.75, 3.05) is 24.4 Å². The first kappa shape index (κ1) is 21.4. The molecule has 0 atom stereocenters. The van der Waals surface area contributed by atoms with Crippen molar-refractivity contribution in [3.63, 3.8) is 0 Å².